The smallest absolute Gasteiger partial charge is 0.356 e. The number of thiazole rings is 1. The van der Waals surface area contributed by atoms with E-state index in [4.69, 9.17) is 5.11 Å². The number of H-pyrrole nitrogens is 1. The van der Waals surface area contributed by atoms with Crippen LogP contribution in [-0.4, -0.2) is 45.1 Å². The maximum atomic E-state index is 12.6. The Balaban J connectivity index is 1.40. The molecule has 1 fully saturated rings. The van der Waals surface area contributed by atoms with Gasteiger partial charge in [0.25, 0.3) is 0 Å². The number of carboxylic acid groups (broad SMARTS) is 1. The van der Waals surface area contributed by atoms with Gasteiger partial charge in [-0.2, -0.15) is 0 Å². The maximum Gasteiger partial charge on any atom is 0.356 e. The third-order valence-electron chi connectivity index (χ3n) is 5.06. The van der Waals surface area contributed by atoms with Crippen LogP contribution in [0.2, 0.25) is 0 Å². The molecule has 0 aliphatic carbocycles. The summed E-state index contributed by atoms with van der Waals surface area (Å²) in [5.41, 5.74) is 2.94. The van der Waals surface area contributed by atoms with E-state index in [1.165, 1.54) is 24.0 Å². The first-order chi connectivity index (χ1) is 15.0. The number of piperidine rings is 1. The number of rotatable bonds is 6. The van der Waals surface area contributed by atoms with Crippen LogP contribution in [0.1, 0.15) is 46.0 Å². The van der Waals surface area contributed by atoms with Gasteiger partial charge in [0, 0.05) is 36.8 Å². The molecule has 0 saturated carbocycles. The zero-order valence-electron chi connectivity index (χ0n) is 17.1. The molecule has 4 N–H and O–H groups in total. The van der Waals surface area contributed by atoms with E-state index in [0.29, 0.717) is 17.4 Å². The van der Waals surface area contributed by atoms with E-state index >= 15 is 0 Å². The Morgan fingerprint density at radius 2 is 2.03 bits per heavy atom. The highest BCUT2D eigenvalue weighted by Crippen LogP contribution is 2.30. The first kappa shape index (κ1) is 20.9. The first-order valence-corrected chi connectivity index (χ1v) is 11.0. The molecule has 1 aliphatic rings. The Kier molecular flexibility index (Phi) is 6.17. The van der Waals surface area contributed by atoms with E-state index in [1.54, 1.807) is 6.20 Å². The lowest BCUT2D eigenvalue weighted by molar-refractivity contribution is 0.0691. The lowest BCUT2D eigenvalue weighted by Gasteiger charge is -2.30. The van der Waals surface area contributed by atoms with Crippen molar-refractivity contribution in [3.63, 3.8) is 0 Å². The highest BCUT2D eigenvalue weighted by molar-refractivity contribution is 7.15. The fraction of sp³-hybridized carbons (Fsp3) is 0.333. The van der Waals surface area contributed by atoms with Crippen LogP contribution in [-0.2, 0) is 6.42 Å². The summed E-state index contributed by atoms with van der Waals surface area (Å²) in [4.78, 5) is 37.8. The van der Waals surface area contributed by atoms with Crippen molar-refractivity contribution < 1.29 is 14.7 Å². The Labute approximate surface area is 183 Å². The van der Waals surface area contributed by atoms with Gasteiger partial charge in [0.15, 0.2) is 10.8 Å². The van der Waals surface area contributed by atoms with Crippen molar-refractivity contribution in [2.24, 2.45) is 0 Å². The van der Waals surface area contributed by atoms with Gasteiger partial charge < -0.3 is 20.3 Å². The highest BCUT2D eigenvalue weighted by Gasteiger charge is 2.17. The normalized spacial score (nSPS) is 13.8. The number of carbonyl (C=O) groups excluding carboxylic acids is 1. The van der Waals surface area contributed by atoms with Crippen molar-refractivity contribution in [3.05, 3.63) is 52.6 Å². The number of hydrogen-bond acceptors (Lipinski definition) is 6. The van der Waals surface area contributed by atoms with Gasteiger partial charge >= 0.3 is 12.0 Å². The maximum absolute atomic E-state index is 12.6. The van der Waals surface area contributed by atoms with Crippen molar-refractivity contribution in [2.45, 2.75) is 32.6 Å². The lowest BCUT2D eigenvalue weighted by Crippen LogP contribution is -2.31. The SMILES string of the molecule is Cc1ccc(NC(=O)Nc2ncc(Cc3nc(C(=O)O)c[nH]3)s2)c(N2CCCCC2)c1. The molecule has 1 aromatic carbocycles. The summed E-state index contributed by atoms with van der Waals surface area (Å²) >= 11 is 1.32. The summed E-state index contributed by atoms with van der Waals surface area (Å²) in [6, 6.07) is 5.67. The minimum Gasteiger partial charge on any atom is -0.476 e. The predicted molar refractivity (Wildman–Crippen MR) is 120 cm³/mol. The van der Waals surface area contributed by atoms with Gasteiger partial charge in [-0.25, -0.2) is 19.6 Å². The van der Waals surface area contributed by atoms with Gasteiger partial charge in [-0.15, -0.1) is 11.3 Å². The molecular formula is C21H24N6O3S. The standard InChI is InChI=1S/C21H24N6O3S/c1-13-5-6-15(17(9-13)27-7-3-2-4-8-27)25-20(30)26-21-23-11-14(31-21)10-18-22-12-16(24-18)19(28)29/h5-6,9,11-12H,2-4,7-8,10H2,1H3,(H,22,24)(H,28,29)(H2,23,25,26,30). The summed E-state index contributed by atoms with van der Waals surface area (Å²) in [6.45, 7) is 4.03. The number of nitrogens with one attached hydrogen (secondary N) is 3. The molecule has 9 nitrogen and oxygen atoms in total. The molecule has 1 saturated heterocycles. The number of urea groups is 1. The Hall–Kier alpha value is -3.40. The van der Waals surface area contributed by atoms with Gasteiger partial charge in [-0.3, -0.25) is 5.32 Å². The number of amides is 2. The van der Waals surface area contributed by atoms with Gasteiger partial charge in [-0.05, 0) is 43.9 Å². The third-order valence-corrected chi connectivity index (χ3v) is 5.98. The quantitative estimate of drug-likeness (QED) is 0.458. The fourth-order valence-corrected chi connectivity index (χ4v) is 4.38. The Morgan fingerprint density at radius 1 is 1.23 bits per heavy atom. The van der Waals surface area contributed by atoms with Crippen molar-refractivity contribution in [1.82, 2.24) is 15.0 Å². The average molecular weight is 441 g/mol. The molecule has 1 aliphatic heterocycles. The molecule has 0 atom stereocenters. The number of hydrogen-bond donors (Lipinski definition) is 4. The second-order valence-corrected chi connectivity index (χ2v) is 8.61. The van der Waals surface area contributed by atoms with E-state index in [1.807, 2.05) is 19.1 Å². The molecule has 0 spiro atoms. The van der Waals surface area contributed by atoms with Gasteiger partial charge in [0.05, 0.1) is 11.4 Å². The van der Waals surface area contributed by atoms with E-state index in [9.17, 15) is 9.59 Å². The Morgan fingerprint density at radius 3 is 2.77 bits per heavy atom. The molecule has 2 aromatic heterocycles. The molecule has 10 heteroatoms. The molecule has 3 aromatic rings. The van der Waals surface area contributed by atoms with Crippen molar-refractivity contribution in [3.8, 4) is 0 Å². The number of carbonyl (C=O) groups is 2. The van der Waals surface area contributed by atoms with Crippen LogP contribution in [0.25, 0.3) is 0 Å². The summed E-state index contributed by atoms with van der Waals surface area (Å²) in [5, 5.41) is 15.1. The van der Waals surface area contributed by atoms with Gasteiger partial charge in [0.2, 0.25) is 0 Å². The second-order valence-electron chi connectivity index (χ2n) is 7.49. The zero-order chi connectivity index (χ0) is 21.8. The summed E-state index contributed by atoms with van der Waals surface area (Å²) < 4.78 is 0. The topological polar surface area (TPSA) is 123 Å². The molecule has 3 heterocycles. The molecule has 0 bridgehead atoms. The predicted octanol–water partition coefficient (Wildman–Crippen LogP) is 4.10. The van der Waals surface area contributed by atoms with Crippen molar-refractivity contribution in [2.75, 3.05) is 28.6 Å². The molecule has 0 unspecified atom stereocenters. The van der Waals surface area contributed by atoms with Crippen LogP contribution in [0, 0.1) is 6.92 Å². The van der Waals surface area contributed by atoms with E-state index < -0.39 is 5.97 Å². The molecule has 4 rings (SSSR count). The average Bonchev–Trinajstić information content (AvgIpc) is 3.40. The fourth-order valence-electron chi connectivity index (χ4n) is 3.57. The summed E-state index contributed by atoms with van der Waals surface area (Å²) in [6.07, 6.45) is 6.97. The number of aryl methyl sites for hydroxylation is 1. The third kappa shape index (κ3) is 5.21. The van der Waals surface area contributed by atoms with Gasteiger partial charge in [0.1, 0.15) is 5.82 Å². The minimum atomic E-state index is -1.08. The first-order valence-electron chi connectivity index (χ1n) is 10.1. The van der Waals surface area contributed by atoms with Crippen LogP contribution < -0.4 is 15.5 Å². The zero-order valence-corrected chi connectivity index (χ0v) is 18.0. The molecule has 162 valence electrons. The monoisotopic (exact) mass is 440 g/mol. The van der Waals surface area contributed by atoms with Crippen LogP contribution >= 0.6 is 11.3 Å². The van der Waals surface area contributed by atoms with Crippen LogP contribution in [0.15, 0.2) is 30.6 Å². The molecule has 31 heavy (non-hydrogen) atoms. The number of benzene rings is 1. The molecular weight excluding hydrogens is 416 g/mol. The van der Waals surface area contributed by atoms with E-state index in [0.717, 1.165) is 47.7 Å². The van der Waals surface area contributed by atoms with Crippen LogP contribution in [0.5, 0.6) is 0 Å². The number of nitrogens with zero attached hydrogens (tertiary/aromatic N) is 3. The lowest BCUT2D eigenvalue weighted by atomic mass is 10.1. The van der Waals surface area contributed by atoms with E-state index in [-0.39, 0.29) is 11.7 Å². The highest BCUT2D eigenvalue weighted by atomic mass is 32.1. The largest absolute Gasteiger partial charge is 0.476 e. The molecule has 2 amide bonds. The van der Waals surface area contributed by atoms with Crippen LogP contribution in [0.4, 0.5) is 21.3 Å². The second kappa shape index (κ2) is 9.17. The number of carboxylic acids is 1. The number of aromatic carboxylic acids is 1. The van der Waals surface area contributed by atoms with Crippen LogP contribution in [0.3, 0.4) is 0 Å². The van der Waals surface area contributed by atoms with Crippen molar-refractivity contribution >= 4 is 39.8 Å². The number of aromatic amines is 1. The molecule has 0 radical (unpaired) electrons. The number of anilines is 3. The summed E-state index contributed by atoms with van der Waals surface area (Å²) in [5.74, 6) is -0.547. The Bertz CT molecular complexity index is 1090. The summed E-state index contributed by atoms with van der Waals surface area (Å²) in [7, 11) is 0. The number of aromatic nitrogens is 3. The van der Waals surface area contributed by atoms with E-state index in [2.05, 4.69) is 36.6 Å². The minimum absolute atomic E-state index is 0.0279. The van der Waals surface area contributed by atoms with Gasteiger partial charge in [-0.1, -0.05) is 6.07 Å². The van der Waals surface area contributed by atoms with Crippen molar-refractivity contribution in [1.29, 1.82) is 0 Å². The number of imidazole rings is 1.